The Labute approximate surface area is 120 Å². The van der Waals surface area contributed by atoms with Gasteiger partial charge in [-0.15, -0.1) is 0 Å². The van der Waals surface area contributed by atoms with E-state index in [2.05, 4.69) is 23.8 Å². The van der Waals surface area contributed by atoms with Crippen molar-refractivity contribution in [3.63, 3.8) is 0 Å². The molecule has 1 fully saturated rings. The van der Waals surface area contributed by atoms with Crippen molar-refractivity contribution in [2.45, 2.75) is 19.5 Å². The van der Waals surface area contributed by atoms with Crippen LogP contribution in [0.1, 0.15) is 12.5 Å². The molecule has 0 bridgehead atoms. The molecule has 2 heterocycles. The number of anilines is 1. The van der Waals surface area contributed by atoms with E-state index < -0.39 is 0 Å². The summed E-state index contributed by atoms with van der Waals surface area (Å²) in [5.41, 5.74) is 8.08. The van der Waals surface area contributed by atoms with Gasteiger partial charge in [0, 0.05) is 44.0 Å². The molecular formula is C15H23N3O2. The molecule has 2 N–H and O–H groups in total. The molecule has 2 aliphatic rings. The second-order valence-corrected chi connectivity index (χ2v) is 5.78. The number of piperazine rings is 1. The van der Waals surface area contributed by atoms with E-state index in [9.17, 15) is 0 Å². The molecule has 110 valence electrons. The molecule has 5 heteroatoms. The van der Waals surface area contributed by atoms with Gasteiger partial charge >= 0.3 is 0 Å². The van der Waals surface area contributed by atoms with Crippen LogP contribution in [0.4, 0.5) is 5.69 Å². The van der Waals surface area contributed by atoms with Crippen molar-refractivity contribution >= 4 is 5.69 Å². The van der Waals surface area contributed by atoms with Crippen LogP contribution in [-0.4, -0.2) is 55.7 Å². The Balaban J connectivity index is 1.77. The number of ether oxygens (including phenoxy) is 2. The van der Waals surface area contributed by atoms with Crippen LogP contribution >= 0.6 is 0 Å². The zero-order chi connectivity index (χ0) is 14.1. The summed E-state index contributed by atoms with van der Waals surface area (Å²) in [7, 11) is 2.17. The third-order valence-corrected chi connectivity index (χ3v) is 4.15. The highest BCUT2D eigenvalue weighted by Gasteiger charge is 2.23. The zero-order valence-corrected chi connectivity index (χ0v) is 12.3. The Hall–Kier alpha value is -1.46. The first-order valence-electron chi connectivity index (χ1n) is 7.24. The number of benzene rings is 1. The fourth-order valence-corrected chi connectivity index (χ4v) is 2.91. The highest BCUT2D eigenvalue weighted by atomic mass is 16.6. The molecule has 20 heavy (non-hydrogen) atoms. The van der Waals surface area contributed by atoms with Gasteiger partial charge in [0.15, 0.2) is 11.5 Å². The quantitative estimate of drug-likeness (QED) is 0.823. The van der Waals surface area contributed by atoms with E-state index >= 15 is 0 Å². The lowest BCUT2D eigenvalue weighted by molar-refractivity contribution is 0.0937. The minimum absolute atomic E-state index is 0.543. The van der Waals surface area contributed by atoms with Crippen molar-refractivity contribution in [2.75, 3.05) is 45.6 Å². The Morgan fingerprint density at radius 2 is 1.90 bits per heavy atom. The van der Waals surface area contributed by atoms with Crippen molar-refractivity contribution in [3.8, 4) is 11.5 Å². The molecule has 0 saturated carbocycles. The molecule has 0 spiro atoms. The summed E-state index contributed by atoms with van der Waals surface area (Å²) in [5, 5.41) is 0. The van der Waals surface area contributed by atoms with Gasteiger partial charge in [0.25, 0.3) is 0 Å². The monoisotopic (exact) mass is 277 g/mol. The number of hydrogen-bond donors (Lipinski definition) is 1. The van der Waals surface area contributed by atoms with E-state index in [1.165, 1.54) is 0 Å². The highest BCUT2D eigenvalue weighted by Crippen LogP contribution is 2.35. The van der Waals surface area contributed by atoms with Crippen LogP contribution in [0.2, 0.25) is 0 Å². The van der Waals surface area contributed by atoms with Gasteiger partial charge in [-0.25, -0.2) is 0 Å². The molecule has 3 rings (SSSR count). The van der Waals surface area contributed by atoms with Crippen LogP contribution in [0.15, 0.2) is 12.1 Å². The molecule has 1 atom stereocenters. The topological polar surface area (TPSA) is 51.0 Å². The van der Waals surface area contributed by atoms with Crippen LogP contribution in [0.5, 0.6) is 11.5 Å². The van der Waals surface area contributed by atoms with E-state index in [4.69, 9.17) is 15.2 Å². The average Bonchev–Trinajstić information content (AvgIpc) is 2.42. The second-order valence-electron chi connectivity index (χ2n) is 5.78. The van der Waals surface area contributed by atoms with Crippen molar-refractivity contribution in [3.05, 3.63) is 17.7 Å². The van der Waals surface area contributed by atoms with E-state index in [0.29, 0.717) is 19.3 Å². The fraction of sp³-hybridized carbons (Fsp3) is 0.600. The molecule has 1 saturated heterocycles. The van der Waals surface area contributed by atoms with Gasteiger partial charge in [-0.05, 0) is 25.6 Å². The number of likely N-dealkylation sites (N-methyl/N-ethyl adjacent to an activating group) is 1. The molecule has 0 radical (unpaired) electrons. The predicted octanol–water partition coefficient (Wildman–Crippen LogP) is 1.18. The molecule has 0 aromatic heterocycles. The first-order valence-corrected chi connectivity index (χ1v) is 7.24. The van der Waals surface area contributed by atoms with Crippen molar-refractivity contribution in [1.82, 2.24) is 9.80 Å². The maximum Gasteiger partial charge on any atom is 0.163 e. The Bertz CT molecular complexity index is 492. The molecule has 0 amide bonds. The minimum atomic E-state index is 0.543. The molecular weight excluding hydrogens is 254 g/mol. The van der Waals surface area contributed by atoms with E-state index in [0.717, 1.165) is 48.9 Å². The summed E-state index contributed by atoms with van der Waals surface area (Å²) >= 11 is 0. The standard InChI is InChI=1S/C15H23N3O2/c1-11-9-17(2)3-4-18(11)10-12-7-14-15(8-13(12)16)20-6-5-19-14/h7-8,11H,3-6,9-10,16H2,1-2H3. The molecule has 5 nitrogen and oxygen atoms in total. The van der Waals surface area contributed by atoms with Crippen molar-refractivity contribution < 1.29 is 9.47 Å². The lowest BCUT2D eigenvalue weighted by Crippen LogP contribution is -2.49. The van der Waals surface area contributed by atoms with Crippen molar-refractivity contribution in [2.24, 2.45) is 0 Å². The van der Waals surface area contributed by atoms with E-state index in [1.54, 1.807) is 0 Å². The molecule has 0 aliphatic carbocycles. The second kappa shape index (κ2) is 5.50. The van der Waals surface area contributed by atoms with Crippen LogP contribution < -0.4 is 15.2 Å². The van der Waals surface area contributed by atoms with Gasteiger partial charge < -0.3 is 20.1 Å². The number of rotatable bonds is 2. The number of nitrogens with zero attached hydrogens (tertiary/aromatic N) is 2. The molecule has 1 aromatic carbocycles. The Morgan fingerprint density at radius 3 is 2.60 bits per heavy atom. The lowest BCUT2D eigenvalue weighted by atomic mass is 10.1. The lowest BCUT2D eigenvalue weighted by Gasteiger charge is -2.38. The average molecular weight is 277 g/mol. The normalized spacial score (nSPS) is 23.8. The predicted molar refractivity (Wildman–Crippen MR) is 79.2 cm³/mol. The van der Waals surface area contributed by atoms with Gasteiger partial charge in [0.05, 0.1) is 0 Å². The first-order chi connectivity index (χ1) is 9.63. The van der Waals surface area contributed by atoms with Crippen LogP contribution in [0.3, 0.4) is 0 Å². The summed E-state index contributed by atoms with van der Waals surface area (Å²) in [6, 6.07) is 4.47. The van der Waals surface area contributed by atoms with Crippen LogP contribution in [-0.2, 0) is 6.54 Å². The third-order valence-electron chi connectivity index (χ3n) is 4.15. The molecule has 2 aliphatic heterocycles. The summed E-state index contributed by atoms with van der Waals surface area (Å²) in [4.78, 5) is 4.84. The number of hydrogen-bond acceptors (Lipinski definition) is 5. The smallest absolute Gasteiger partial charge is 0.163 e. The van der Waals surface area contributed by atoms with Gasteiger partial charge in [0.1, 0.15) is 13.2 Å². The van der Waals surface area contributed by atoms with Gasteiger partial charge in [-0.1, -0.05) is 0 Å². The molecule has 1 unspecified atom stereocenters. The molecule has 1 aromatic rings. The Kier molecular flexibility index (Phi) is 3.72. The van der Waals surface area contributed by atoms with Crippen LogP contribution in [0.25, 0.3) is 0 Å². The summed E-state index contributed by atoms with van der Waals surface area (Å²) in [6.45, 7) is 7.63. The van der Waals surface area contributed by atoms with E-state index in [-0.39, 0.29) is 0 Å². The number of nitrogens with two attached hydrogens (primary N) is 1. The van der Waals surface area contributed by atoms with Gasteiger partial charge in [0.2, 0.25) is 0 Å². The van der Waals surface area contributed by atoms with Gasteiger partial charge in [-0.3, -0.25) is 4.90 Å². The first kappa shape index (κ1) is 13.5. The van der Waals surface area contributed by atoms with E-state index in [1.807, 2.05) is 12.1 Å². The SMILES string of the molecule is CC1CN(C)CCN1Cc1cc2c(cc1N)OCCO2. The Morgan fingerprint density at radius 1 is 1.20 bits per heavy atom. The summed E-state index contributed by atoms with van der Waals surface area (Å²) < 4.78 is 11.2. The number of nitrogen functional groups attached to an aromatic ring is 1. The fourth-order valence-electron chi connectivity index (χ4n) is 2.91. The van der Waals surface area contributed by atoms with Crippen molar-refractivity contribution in [1.29, 1.82) is 0 Å². The summed E-state index contributed by atoms with van der Waals surface area (Å²) in [6.07, 6.45) is 0. The highest BCUT2D eigenvalue weighted by molar-refractivity contribution is 5.58. The largest absolute Gasteiger partial charge is 0.486 e. The summed E-state index contributed by atoms with van der Waals surface area (Å²) in [5.74, 6) is 1.59. The maximum absolute atomic E-state index is 6.16. The van der Waals surface area contributed by atoms with Gasteiger partial charge in [-0.2, -0.15) is 0 Å². The maximum atomic E-state index is 6.16. The van der Waals surface area contributed by atoms with Crippen LogP contribution in [0, 0.1) is 0 Å². The minimum Gasteiger partial charge on any atom is -0.486 e. The third kappa shape index (κ3) is 2.69. The number of fused-ring (bicyclic) bond motifs is 1. The zero-order valence-electron chi connectivity index (χ0n) is 12.3.